The molecule has 0 saturated heterocycles. The highest BCUT2D eigenvalue weighted by atomic mass is 16.5. The number of hydrogen-bond donors (Lipinski definition) is 2. The Morgan fingerprint density at radius 1 is 1.25 bits per heavy atom. The summed E-state index contributed by atoms with van der Waals surface area (Å²) in [5.41, 5.74) is 6.63. The molecule has 0 aliphatic heterocycles. The predicted octanol–water partition coefficient (Wildman–Crippen LogP) is 1.86. The van der Waals surface area contributed by atoms with Crippen molar-refractivity contribution in [3.05, 3.63) is 29.8 Å². The molecule has 0 spiro atoms. The number of hydrogen-bond acceptors (Lipinski definition) is 4. The molecule has 0 amide bonds. The van der Waals surface area contributed by atoms with E-state index in [1.807, 2.05) is 24.3 Å². The van der Waals surface area contributed by atoms with Gasteiger partial charge in [0.1, 0.15) is 18.5 Å². The molecule has 0 aromatic heterocycles. The van der Waals surface area contributed by atoms with Crippen molar-refractivity contribution in [3.8, 4) is 5.75 Å². The molecule has 0 aliphatic rings. The van der Waals surface area contributed by atoms with Crippen LogP contribution in [0.15, 0.2) is 24.3 Å². The predicted molar refractivity (Wildman–Crippen MR) is 82.8 cm³/mol. The Bertz CT molecular complexity index is 382. The standard InChI is InChI=1S/C16H28N2O2/c1-4-18(10-13(2)3)11-15(19)12-20-16-8-6-5-7-14(16)9-17/h5-8,13,15,19H,4,9-12,17H2,1-3H3. The van der Waals surface area contributed by atoms with Gasteiger partial charge in [-0.1, -0.05) is 39.0 Å². The molecule has 0 radical (unpaired) electrons. The van der Waals surface area contributed by atoms with Crippen molar-refractivity contribution < 1.29 is 9.84 Å². The molecule has 0 fully saturated rings. The summed E-state index contributed by atoms with van der Waals surface area (Å²) >= 11 is 0. The minimum absolute atomic E-state index is 0.297. The van der Waals surface area contributed by atoms with Crippen LogP contribution in [0.25, 0.3) is 0 Å². The number of nitrogens with two attached hydrogens (primary N) is 1. The second-order valence-corrected chi connectivity index (χ2v) is 5.52. The van der Waals surface area contributed by atoms with Crippen LogP contribution in [0, 0.1) is 5.92 Å². The number of nitrogens with zero attached hydrogens (tertiary/aromatic N) is 1. The molecule has 1 atom stereocenters. The first-order valence-corrected chi connectivity index (χ1v) is 7.38. The molecule has 4 heteroatoms. The molecule has 1 rings (SSSR count). The van der Waals surface area contributed by atoms with Gasteiger partial charge >= 0.3 is 0 Å². The second-order valence-electron chi connectivity index (χ2n) is 5.52. The van der Waals surface area contributed by atoms with Crippen LogP contribution in [-0.4, -0.2) is 42.4 Å². The van der Waals surface area contributed by atoms with Crippen LogP contribution in [0.1, 0.15) is 26.3 Å². The third-order valence-electron chi connectivity index (χ3n) is 3.16. The fourth-order valence-electron chi connectivity index (χ4n) is 2.20. The van der Waals surface area contributed by atoms with E-state index in [0.717, 1.165) is 24.4 Å². The van der Waals surface area contributed by atoms with Gasteiger partial charge in [-0.2, -0.15) is 0 Å². The van der Waals surface area contributed by atoms with Crippen molar-refractivity contribution in [2.75, 3.05) is 26.2 Å². The van der Waals surface area contributed by atoms with Gasteiger partial charge in [0.2, 0.25) is 0 Å². The van der Waals surface area contributed by atoms with E-state index in [4.69, 9.17) is 10.5 Å². The zero-order valence-electron chi connectivity index (χ0n) is 12.9. The van der Waals surface area contributed by atoms with Gasteiger partial charge < -0.3 is 20.5 Å². The summed E-state index contributed by atoms with van der Waals surface area (Å²) in [6.45, 7) is 9.79. The number of aliphatic hydroxyl groups is 1. The summed E-state index contributed by atoms with van der Waals surface area (Å²) in [5, 5.41) is 10.1. The van der Waals surface area contributed by atoms with Crippen LogP contribution in [0.4, 0.5) is 0 Å². The van der Waals surface area contributed by atoms with Crippen molar-refractivity contribution in [1.29, 1.82) is 0 Å². The Morgan fingerprint density at radius 3 is 2.55 bits per heavy atom. The van der Waals surface area contributed by atoms with E-state index in [-0.39, 0.29) is 0 Å². The van der Waals surface area contributed by atoms with Crippen molar-refractivity contribution in [2.45, 2.75) is 33.4 Å². The number of benzene rings is 1. The molecule has 4 nitrogen and oxygen atoms in total. The smallest absolute Gasteiger partial charge is 0.123 e. The molecule has 1 unspecified atom stereocenters. The monoisotopic (exact) mass is 280 g/mol. The highest BCUT2D eigenvalue weighted by molar-refractivity contribution is 5.32. The lowest BCUT2D eigenvalue weighted by atomic mass is 10.2. The normalized spacial score (nSPS) is 12.9. The molecular formula is C16H28N2O2. The highest BCUT2D eigenvalue weighted by Gasteiger charge is 2.13. The van der Waals surface area contributed by atoms with E-state index in [2.05, 4.69) is 25.7 Å². The van der Waals surface area contributed by atoms with Gasteiger partial charge in [-0.15, -0.1) is 0 Å². The summed E-state index contributed by atoms with van der Waals surface area (Å²) in [4.78, 5) is 2.24. The largest absolute Gasteiger partial charge is 0.491 e. The first kappa shape index (κ1) is 17.0. The van der Waals surface area contributed by atoms with E-state index >= 15 is 0 Å². The fourth-order valence-corrected chi connectivity index (χ4v) is 2.20. The molecule has 114 valence electrons. The lowest BCUT2D eigenvalue weighted by Crippen LogP contribution is -2.37. The third kappa shape index (κ3) is 5.90. The minimum Gasteiger partial charge on any atom is -0.491 e. The molecule has 0 saturated carbocycles. The molecule has 0 bridgehead atoms. The van der Waals surface area contributed by atoms with E-state index in [1.54, 1.807) is 0 Å². The Labute approximate surface area is 122 Å². The maximum Gasteiger partial charge on any atom is 0.123 e. The van der Waals surface area contributed by atoms with Crippen molar-refractivity contribution >= 4 is 0 Å². The maximum atomic E-state index is 10.1. The van der Waals surface area contributed by atoms with Crippen LogP contribution in [0.3, 0.4) is 0 Å². The van der Waals surface area contributed by atoms with Gasteiger partial charge in [-0.3, -0.25) is 0 Å². The summed E-state index contributed by atoms with van der Waals surface area (Å²) in [6.07, 6.45) is -0.487. The lowest BCUT2D eigenvalue weighted by Gasteiger charge is -2.25. The average Bonchev–Trinajstić information content (AvgIpc) is 2.44. The highest BCUT2D eigenvalue weighted by Crippen LogP contribution is 2.17. The van der Waals surface area contributed by atoms with Crippen LogP contribution >= 0.6 is 0 Å². The molecule has 1 aromatic rings. The van der Waals surface area contributed by atoms with Gasteiger partial charge in [0.25, 0.3) is 0 Å². The SMILES string of the molecule is CCN(CC(C)C)CC(O)COc1ccccc1CN. The maximum absolute atomic E-state index is 10.1. The summed E-state index contributed by atoms with van der Waals surface area (Å²) in [6, 6.07) is 7.68. The third-order valence-corrected chi connectivity index (χ3v) is 3.16. The minimum atomic E-state index is -0.487. The van der Waals surface area contributed by atoms with Crippen molar-refractivity contribution in [2.24, 2.45) is 11.7 Å². The van der Waals surface area contributed by atoms with Gasteiger partial charge in [0, 0.05) is 25.2 Å². The van der Waals surface area contributed by atoms with E-state index in [1.165, 1.54) is 0 Å². The Kier molecular flexibility index (Phi) is 7.59. The first-order valence-electron chi connectivity index (χ1n) is 7.38. The molecule has 1 aromatic carbocycles. The number of para-hydroxylation sites is 1. The first-order chi connectivity index (χ1) is 9.56. The molecule has 20 heavy (non-hydrogen) atoms. The van der Waals surface area contributed by atoms with E-state index in [0.29, 0.717) is 25.6 Å². The van der Waals surface area contributed by atoms with Gasteiger partial charge in [-0.25, -0.2) is 0 Å². The molecule has 0 aliphatic carbocycles. The Hall–Kier alpha value is -1.10. The van der Waals surface area contributed by atoms with Crippen molar-refractivity contribution in [3.63, 3.8) is 0 Å². The van der Waals surface area contributed by atoms with Crippen LogP contribution in [0.2, 0.25) is 0 Å². The topological polar surface area (TPSA) is 58.7 Å². The van der Waals surface area contributed by atoms with Crippen molar-refractivity contribution in [1.82, 2.24) is 4.90 Å². The van der Waals surface area contributed by atoms with E-state index in [9.17, 15) is 5.11 Å². The second kappa shape index (κ2) is 8.95. The average molecular weight is 280 g/mol. The summed E-state index contributed by atoms with van der Waals surface area (Å²) in [7, 11) is 0. The molecule has 3 N–H and O–H groups in total. The number of rotatable bonds is 9. The summed E-state index contributed by atoms with van der Waals surface area (Å²) < 4.78 is 5.68. The zero-order valence-corrected chi connectivity index (χ0v) is 12.9. The zero-order chi connectivity index (χ0) is 15.0. The van der Waals surface area contributed by atoms with Gasteiger partial charge in [0.15, 0.2) is 0 Å². The number of aliphatic hydroxyl groups excluding tert-OH is 1. The number of ether oxygens (including phenoxy) is 1. The molecular weight excluding hydrogens is 252 g/mol. The van der Waals surface area contributed by atoms with Crippen LogP contribution < -0.4 is 10.5 Å². The van der Waals surface area contributed by atoms with Crippen LogP contribution in [-0.2, 0) is 6.54 Å². The Morgan fingerprint density at radius 2 is 1.95 bits per heavy atom. The van der Waals surface area contributed by atoms with E-state index < -0.39 is 6.10 Å². The quantitative estimate of drug-likeness (QED) is 0.725. The van der Waals surface area contributed by atoms with Gasteiger partial charge in [0.05, 0.1) is 0 Å². The molecule has 0 heterocycles. The lowest BCUT2D eigenvalue weighted by molar-refractivity contribution is 0.0659. The number of likely N-dealkylation sites (N-methyl/N-ethyl adjacent to an activating group) is 1. The van der Waals surface area contributed by atoms with Gasteiger partial charge in [-0.05, 0) is 18.5 Å². The summed E-state index contributed by atoms with van der Waals surface area (Å²) in [5.74, 6) is 1.36. The Balaban J connectivity index is 2.44. The fraction of sp³-hybridized carbons (Fsp3) is 0.625. The van der Waals surface area contributed by atoms with Crippen LogP contribution in [0.5, 0.6) is 5.75 Å².